The Balaban J connectivity index is 1.83. The van der Waals surface area contributed by atoms with Gasteiger partial charge < -0.3 is 10.1 Å². The molecular formula is C22H21N3O6S2. The van der Waals surface area contributed by atoms with Crippen LogP contribution in [0.5, 0.6) is 0 Å². The summed E-state index contributed by atoms with van der Waals surface area (Å²) in [7, 11) is -2.69. The fourth-order valence-corrected chi connectivity index (χ4v) is 5.03. The third-order valence-electron chi connectivity index (χ3n) is 4.67. The second kappa shape index (κ2) is 9.84. The number of imide groups is 1. The Bertz CT molecular complexity index is 1320. The molecule has 9 nitrogen and oxygen atoms in total. The van der Waals surface area contributed by atoms with Gasteiger partial charge >= 0.3 is 6.09 Å². The molecule has 1 heterocycles. The molecule has 11 heteroatoms. The van der Waals surface area contributed by atoms with E-state index in [0.29, 0.717) is 5.56 Å². The number of hydrogen-bond acceptors (Lipinski definition) is 7. The maximum absolute atomic E-state index is 12.9. The van der Waals surface area contributed by atoms with Crippen LogP contribution >= 0.6 is 11.3 Å². The third-order valence-corrected chi connectivity index (χ3v) is 7.19. The van der Waals surface area contributed by atoms with Gasteiger partial charge in [-0.3, -0.25) is 19.6 Å². The molecule has 3 amide bonds. The lowest BCUT2D eigenvalue weighted by Crippen LogP contribution is -2.31. The number of alkyl carbamates (subject to hydrolysis) is 1. The Kier molecular flexibility index (Phi) is 7.14. The molecule has 0 aliphatic carbocycles. The molecule has 0 fully saturated rings. The van der Waals surface area contributed by atoms with Crippen LogP contribution in [0.1, 0.15) is 31.2 Å². The molecule has 0 atom stereocenters. The Morgan fingerprint density at radius 3 is 2.30 bits per heavy atom. The monoisotopic (exact) mass is 487 g/mol. The molecule has 3 aromatic rings. The maximum atomic E-state index is 12.9. The molecule has 0 bridgehead atoms. The summed E-state index contributed by atoms with van der Waals surface area (Å²) in [5.41, 5.74) is 1.14. The van der Waals surface area contributed by atoms with Gasteiger partial charge in [-0.25, -0.2) is 13.2 Å². The Hall–Kier alpha value is -3.70. The van der Waals surface area contributed by atoms with Crippen LogP contribution in [0.15, 0.2) is 59.5 Å². The number of aryl methyl sites for hydroxylation is 1. The fourth-order valence-electron chi connectivity index (χ4n) is 2.91. The van der Waals surface area contributed by atoms with Gasteiger partial charge in [0.1, 0.15) is 5.00 Å². The molecule has 0 radical (unpaired) electrons. The predicted molar refractivity (Wildman–Crippen MR) is 125 cm³/mol. The van der Waals surface area contributed by atoms with Gasteiger partial charge in [0.2, 0.25) is 0 Å². The van der Waals surface area contributed by atoms with Crippen LogP contribution in [0.2, 0.25) is 0 Å². The summed E-state index contributed by atoms with van der Waals surface area (Å²) in [4.78, 5) is 37.7. The molecule has 0 unspecified atom stereocenters. The first kappa shape index (κ1) is 24.0. The van der Waals surface area contributed by atoms with E-state index in [0.717, 1.165) is 12.0 Å². The number of thiophene rings is 1. The molecule has 0 aliphatic rings. The highest BCUT2D eigenvalue weighted by molar-refractivity contribution is 7.92. The van der Waals surface area contributed by atoms with E-state index < -0.39 is 27.9 Å². The largest absolute Gasteiger partial charge is 0.453 e. The number of methoxy groups -OCH3 is 1. The number of nitrogens with one attached hydrogen (secondary N) is 3. The van der Waals surface area contributed by atoms with E-state index in [1.54, 1.807) is 32.0 Å². The van der Waals surface area contributed by atoms with Gasteiger partial charge in [0, 0.05) is 16.1 Å². The van der Waals surface area contributed by atoms with Gasteiger partial charge in [-0.1, -0.05) is 24.3 Å². The molecule has 0 spiro atoms. The Morgan fingerprint density at radius 2 is 1.64 bits per heavy atom. The van der Waals surface area contributed by atoms with E-state index in [-0.39, 0.29) is 26.7 Å². The molecule has 33 heavy (non-hydrogen) atoms. The summed E-state index contributed by atoms with van der Waals surface area (Å²) >= 11 is 1.18. The van der Waals surface area contributed by atoms with E-state index in [2.05, 4.69) is 20.1 Å². The minimum atomic E-state index is -3.83. The second-order valence-corrected chi connectivity index (χ2v) is 9.79. The smallest absolute Gasteiger partial charge is 0.413 e. The zero-order valence-electron chi connectivity index (χ0n) is 18.0. The quantitative estimate of drug-likeness (QED) is 0.483. The van der Waals surface area contributed by atoms with Gasteiger partial charge in [0.15, 0.2) is 0 Å². The Labute approximate surface area is 194 Å². The van der Waals surface area contributed by atoms with E-state index in [4.69, 9.17) is 0 Å². The average molecular weight is 488 g/mol. The van der Waals surface area contributed by atoms with Crippen molar-refractivity contribution in [3.05, 3.63) is 76.2 Å². The lowest BCUT2D eigenvalue weighted by Gasteiger charge is -2.10. The maximum Gasteiger partial charge on any atom is 0.413 e. The molecule has 3 N–H and O–H groups in total. The average Bonchev–Trinajstić information content (AvgIpc) is 3.07. The van der Waals surface area contributed by atoms with Gasteiger partial charge in [-0.05, 0) is 49.7 Å². The molecule has 0 aliphatic heterocycles. The molecule has 1 aromatic heterocycles. The minimum absolute atomic E-state index is 0.0886. The normalized spacial score (nSPS) is 10.9. The lowest BCUT2D eigenvalue weighted by atomic mass is 10.1. The highest BCUT2D eigenvalue weighted by Gasteiger charge is 2.23. The van der Waals surface area contributed by atoms with Crippen LogP contribution in [0.4, 0.5) is 15.5 Å². The van der Waals surface area contributed by atoms with Crippen molar-refractivity contribution in [1.29, 1.82) is 0 Å². The van der Waals surface area contributed by atoms with Crippen LogP contribution in [0.3, 0.4) is 0 Å². The number of carbonyl (C=O) groups excluding carboxylic acids is 3. The first-order valence-corrected chi connectivity index (χ1v) is 11.9. The summed E-state index contributed by atoms with van der Waals surface area (Å²) in [5, 5.41) is 5.01. The number of amides is 3. The molecule has 3 rings (SSSR count). The third kappa shape index (κ3) is 5.57. The number of ether oxygens (including phenoxy) is 1. The number of hydrogen-bond donors (Lipinski definition) is 3. The van der Waals surface area contributed by atoms with Crippen LogP contribution in [-0.4, -0.2) is 33.4 Å². The van der Waals surface area contributed by atoms with Crippen molar-refractivity contribution in [1.82, 2.24) is 5.32 Å². The van der Waals surface area contributed by atoms with Gasteiger partial charge in [-0.2, -0.15) is 0 Å². The standard InChI is InChI=1S/C22H21N3O6S2/c1-13-14(2)32-21(18(13)20(27)24-22(28)31-3)23-19(26)15-8-7-9-16(12-15)25-33(29,30)17-10-5-4-6-11-17/h4-12,25H,1-3H3,(H,23,26)(H,24,27,28). The lowest BCUT2D eigenvalue weighted by molar-refractivity contribution is 0.0937. The van der Waals surface area contributed by atoms with Crippen LogP contribution < -0.4 is 15.4 Å². The van der Waals surface area contributed by atoms with E-state index in [1.807, 2.05) is 0 Å². The van der Waals surface area contributed by atoms with Crippen molar-refractivity contribution < 1.29 is 27.5 Å². The summed E-state index contributed by atoms with van der Waals surface area (Å²) in [6.07, 6.45) is -0.918. The highest BCUT2D eigenvalue weighted by atomic mass is 32.2. The molecule has 0 saturated heterocycles. The Morgan fingerprint density at radius 1 is 0.939 bits per heavy atom. The summed E-state index contributed by atoms with van der Waals surface area (Å²) in [5.74, 6) is -1.26. The van der Waals surface area contributed by atoms with Crippen molar-refractivity contribution in [3.63, 3.8) is 0 Å². The number of rotatable bonds is 6. The fraction of sp³-hybridized carbons (Fsp3) is 0.136. The molecule has 2 aromatic carbocycles. The van der Waals surface area contributed by atoms with Gasteiger partial charge in [0.25, 0.3) is 21.8 Å². The summed E-state index contributed by atoms with van der Waals surface area (Å²) in [6.45, 7) is 3.48. The van der Waals surface area contributed by atoms with Gasteiger partial charge in [-0.15, -0.1) is 11.3 Å². The SMILES string of the molecule is COC(=O)NC(=O)c1c(NC(=O)c2cccc(NS(=O)(=O)c3ccccc3)c2)sc(C)c1C. The number of anilines is 2. The first-order chi connectivity index (χ1) is 15.6. The predicted octanol–water partition coefficient (Wildman–Crippen LogP) is 3.91. The van der Waals surface area contributed by atoms with Crippen molar-refractivity contribution in [2.24, 2.45) is 0 Å². The first-order valence-electron chi connectivity index (χ1n) is 9.61. The summed E-state index contributed by atoms with van der Waals surface area (Å²) < 4.78 is 32.0. The van der Waals surface area contributed by atoms with Crippen LogP contribution in [0, 0.1) is 13.8 Å². The van der Waals surface area contributed by atoms with Crippen molar-refractivity contribution in [2.45, 2.75) is 18.7 Å². The van der Waals surface area contributed by atoms with E-state index in [1.165, 1.54) is 47.7 Å². The number of sulfonamides is 1. The second-order valence-electron chi connectivity index (χ2n) is 6.89. The van der Waals surface area contributed by atoms with Crippen LogP contribution in [0.25, 0.3) is 0 Å². The zero-order chi connectivity index (χ0) is 24.2. The van der Waals surface area contributed by atoms with Crippen molar-refractivity contribution >= 4 is 50.0 Å². The van der Waals surface area contributed by atoms with Crippen molar-refractivity contribution in [3.8, 4) is 0 Å². The van der Waals surface area contributed by atoms with Crippen LogP contribution in [-0.2, 0) is 14.8 Å². The molecular weight excluding hydrogens is 466 g/mol. The number of carbonyl (C=O) groups is 3. The minimum Gasteiger partial charge on any atom is -0.453 e. The zero-order valence-corrected chi connectivity index (χ0v) is 19.6. The van der Waals surface area contributed by atoms with Crippen molar-refractivity contribution in [2.75, 3.05) is 17.1 Å². The summed E-state index contributed by atoms with van der Waals surface area (Å²) in [6, 6.07) is 13.8. The molecule has 0 saturated carbocycles. The highest BCUT2D eigenvalue weighted by Crippen LogP contribution is 2.33. The topological polar surface area (TPSA) is 131 Å². The molecule has 172 valence electrons. The van der Waals surface area contributed by atoms with E-state index in [9.17, 15) is 22.8 Å². The van der Waals surface area contributed by atoms with Gasteiger partial charge in [0.05, 0.1) is 17.6 Å². The van der Waals surface area contributed by atoms with E-state index >= 15 is 0 Å². The number of benzene rings is 2.